The molecule has 5 rings (SSSR count). The van der Waals surface area contributed by atoms with Gasteiger partial charge in [0, 0.05) is 36.8 Å². The summed E-state index contributed by atoms with van der Waals surface area (Å²) in [7, 11) is 0. The smallest absolute Gasteiger partial charge is 0.269 e. The summed E-state index contributed by atoms with van der Waals surface area (Å²) in [6.45, 7) is 3.54. The third-order valence-electron chi connectivity index (χ3n) is 5.54. The molecule has 3 N–H and O–H groups in total. The Morgan fingerprint density at radius 3 is 2.97 bits per heavy atom. The van der Waals surface area contributed by atoms with Gasteiger partial charge in [-0.2, -0.15) is 0 Å². The van der Waals surface area contributed by atoms with Crippen LogP contribution in [0.25, 0.3) is 10.8 Å². The molecule has 1 aromatic heterocycles. The van der Waals surface area contributed by atoms with E-state index in [0.29, 0.717) is 25.5 Å². The van der Waals surface area contributed by atoms with Crippen molar-refractivity contribution in [1.29, 1.82) is 0 Å². The molecule has 1 amide bonds. The predicted molar refractivity (Wildman–Crippen MR) is 109 cm³/mol. The highest BCUT2D eigenvalue weighted by molar-refractivity contribution is 5.95. The van der Waals surface area contributed by atoms with Crippen molar-refractivity contribution in [2.75, 3.05) is 26.3 Å². The lowest BCUT2D eigenvalue weighted by Crippen LogP contribution is -2.54. The molecule has 7 nitrogen and oxygen atoms in total. The predicted octanol–water partition coefficient (Wildman–Crippen LogP) is 1.09. The molecule has 0 saturated carbocycles. The second-order valence-electron chi connectivity index (χ2n) is 7.29. The van der Waals surface area contributed by atoms with Crippen LogP contribution in [-0.2, 0) is 16.1 Å². The van der Waals surface area contributed by atoms with Crippen LogP contribution < -0.4 is 15.6 Å². The molecule has 7 heteroatoms. The van der Waals surface area contributed by atoms with Crippen molar-refractivity contribution >= 4 is 16.7 Å². The Kier molecular flexibility index (Phi) is 4.75. The minimum atomic E-state index is -0.103. The number of amides is 1. The number of hydrogen-bond acceptors (Lipinski definition) is 5. The Bertz CT molecular complexity index is 1020. The summed E-state index contributed by atoms with van der Waals surface area (Å²) < 4.78 is 5.48. The molecule has 0 spiro atoms. The maximum Gasteiger partial charge on any atom is 0.269 e. The summed E-state index contributed by atoms with van der Waals surface area (Å²) in [4.78, 5) is 20.7. The van der Waals surface area contributed by atoms with Crippen molar-refractivity contribution in [3.63, 3.8) is 0 Å². The molecule has 1 aromatic carbocycles. The van der Waals surface area contributed by atoms with Crippen molar-refractivity contribution in [2.24, 2.45) is 0 Å². The van der Waals surface area contributed by atoms with E-state index in [1.807, 2.05) is 49.0 Å². The van der Waals surface area contributed by atoms with Crippen LogP contribution in [0.5, 0.6) is 0 Å². The van der Waals surface area contributed by atoms with E-state index >= 15 is 0 Å². The quantitative estimate of drug-likeness (QED) is 0.818. The lowest BCUT2D eigenvalue weighted by Gasteiger charge is -2.37. The molecule has 1 unspecified atom stereocenters. The first kappa shape index (κ1) is 17.9. The zero-order valence-corrected chi connectivity index (χ0v) is 16.1. The topological polar surface area (TPSA) is 71.0 Å². The van der Waals surface area contributed by atoms with Gasteiger partial charge >= 0.3 is 0 Å². The summed E-state index contributed by atoms with van der Waals surface area (Å²) in [5.74, 6) is -0.103. The minimum Gasteiger partial charge on any atom is -0.379 e. The molecule has 2 aromatic rings. The largest absolute Gasteiger partial charge is 0.379 e. The van der Waals surface area contributed by atoms with Gasteiger partial charge in [0.25, 0.3) is 5.91 Å². The molecule has 1 saturated heterocycles. The highest BCUT2D eigenvalue weighted by Crippen LogP contribution is 2.27. The van der Waals surface area contributed by atoms with Crippen LogP contribution >= 0.6 is 0 Å². The number of carbonyl (C=O) groups is 1. The summed E-state index contributed by atoms with van der Waals surface area (Å²) in [5.41, 5.74) is 2.55. The summed E-state index contributed by atoms with van der Waals surface area (Å²) in [6.07, 6.45) is 11.8. The van der Waals surface area contributed by atoms with Gasteiger partial charge in [0.05, 0.1) is 18.9 Å². The molecule has 0 aliphatic carbocycles. The number of ether oxygens (including phenoxy) is 1. The SMILES string of the molecule is O=C(NCc1c[nH+]cc2ccccc12)C1=C2C=CC=CN2C(N2CCOCC2)N1. The molecule has 148 valence electrons. The summed E-state index contributed by atoms with van der Waals surface area (Å²) in [6, 6.07) is 8.16. The first-order valence-corrected chi connectivity index (χ1v) is 9.93. The third-order valence-corrected chi connectivity index (χ3v) is 5.54. The number of benzene rings is 1. The Hall–Kier alpha value is -3.16. The third kappa shape index (κ3) is 3.39. The van der Waals surface area contributed by atoms with Crippen LogP contribution in [0.1, 0.15) is 5.56 Å². The van der Waals surface area contributed by atoms with E-state index in [0.717, 1.165) is 35.1 Å². The van der Waals surface area contributed by atoms with Crippen LogP contribution in [0.2, 0.25) is 0 Å². The van der Waals surface area contributed by atoms with Gasteiger partial charge < -0.3 is 20.3 Å². The van der Waals surface area contributed by atoms with Crippen LogP contribution in [0.15, 0.2) is 72.5 Å². The number of H-pyrrole nitrogens is 1. The van der Waals surface area contributed by atoms with E-state index in [1.165, 1.54) is 0 Å². The van der Waals surface area contributed by atoms with Gasteiger partial charge in [-0.25, -0.2) is 4.98 Å². The molecule has 4 heterocycles. The maximum absolute atomic E-state index is 13.1. The number of aromatic amines is 1. The van der Waals surface area contributed by atoms with Crippen molar-refractivity contribution in [2.45, 2.75) is 12.8 Å². The van der Waals surface area contributed by atoms with E-state index in [9.17, 15) is 4.79 Å². The Balaban J connectivity index is 1.34. The first-order valence-electron chi connectivity index (χ1n) is 9.93. The maximum atomic E-state index is 13.1. The zero-order valence-electron chi connectivity index (χ0n) is 16.1. The molecule has 0 bridgehead atoms. The second kappa shape index (κ2) is 7.69. The van der Waals surface area contributed by atoms with E-state index in [4.69, 9.17) is 4.74 Å². The van der Waals surface area contributed by atoms with Crippen LogP contribution in [0, 0.1) is 0 Å². The lowest BCUT2D eigenvalue weighted by molar-refractivity contribution is -0.376. The number of hydrogen-bond donors (Lipinski definition) is 2. The van der Waals surface area contributed by atoms with Crippen LogP contribution in [0.3, 0.4) is 0 Å². The van der Waals surface area contributed by atoms with Crippen molar-refractivity contribution in [3.8, 4) is 0 Å². The number of allylic oxidation sites excluding steroid dienone is 3. The molecule has 3 aliphatic heterocycles. The Morgan fingerprint density at radius 1 is 1.21 bits per heavy atom. The summed E-state index contributed by atoms with van der Waals surface area (Å²) >= 11 is 0. The molecular weight excluding hydrogens is 366 g/mol. The number of nitrogens with zero attached hydrogens (tertiary/aromatic N) is 2. The number of nitrogens with one attached hydrogen (secondary N) is 3. The molecule has 3 aliphatic rings. The highest BCUT2D eigenvalue weighted by Gasteiger charge is 2.36. The molecule has 0 radical (unpaired) electrons. The van der Waals surface area contributed by atoms with Gasteiger partial charge in [0.1, 0.15) is 5.70 Å². The Labute approximate surface area is 169 Å². The fourth-order valence-electron chi connectivity index (χ4n) is 4.06. The van der Waals surface area contributed by atoms with Crippen molar-refractivity contribution < 1.29 is 14.5 Å². The lowest BCUT2D eigenvalue weighted by atomic mass is 10.1. The van der Waals surface area contributed by atoms with Crippen LogP contribution in [-0.4, -0.2) is 48.3 Å². The van der Waals surface area contributed by atoms with Crippen molar-refractivity contribution in [1.82, 2.24) is 20.4 Å². The van der Waals surface area contributed by atoms with E-state index in [-0.39, 0.29) is 12.2 Å². The molecule has 29 heavy (non-hydrogen) atoms. The fraction of sp³-hybridized carbons (Fsp3) is 0.273. The first-order chi connectivity index (χ1) is 14.3. The van der Waals surface area contributed by atoms with Gasteiger partial charge in [-0.15, -0.1) is 0 Å². The average molecular weight is 390 g/mol. The fourth-order valence-corrected chi connectivity index (χ4v) is 4.06. The van der Waals surface area contributed by atoms with Gasteiger partial charge in [-0.3, -0.25) is 9.69 Å². The summed E-state index contributed by atoms with van der Waals surface area (Å²) in [5, 5.41) is 8.77. The van der Waals surface area contributed by atoms with E-state index in [2.05, 4.69) is 37.6 Å². The minimum absolute atomic E-state index is 0.0678. The molecule has 1 atom stereocenters. The molecule has 1 fully saturated rings. The Morgan fingerprint density at radius 2 is 2.07 bits per heavy atom. The van der Waals surface area contributed by atoms with Gasteiger partial charge in [-0.05, 0) is 23.6 Å². The average Bonchev–Trinajstić information content (AvgIpc) is 3.18. The van der Waals surface area contributed by atoms with Gasteiger partial charge in [0.2, 0.25) is 0 Å². The number of rotatable bonds is 4. The van der Waals surface area contributed by atoms with E-state index < -0.39 is 0 Å². The van der Waals surface area contributed by atoms with E-state index in [1.54, 1.807) is 0 Å². The second-order valence-corrected chi connectivity index (χ2v) is 7.29. The molecular formula is C22H24N5O2+. The number of fused-ring (bicyclic) bond motifs is 2. The number of pyridine rings is 1. The van der Waals surface area contributed by atoms with Crippen molar-refractivity contribution in [3.05, 3.63) is 78.0 Å². The van der Waals surface area contributed by atoms with Crippen LogP contribution in [0.4, 0.5) is 0 Å². The zero-order chi connectivity index (χ0) is 19.6. The van der Waals surface area contributed by atoms with Gasteiger partial charge in [-0.1, -0.05) is 24.3 Å². The van der Waals surface area contributed by atoms with Gasteiger partial charge in [0.15, 0.2) is 18.7 Å². The number of morpholine rings is 1. The normalized spacial score (nSPS) is 21.4. The number of carbonyl (C=O) groups excluding carboxylic acids is 1. The monoisotopic (exact) mass is 390 g/mol. The number of aromatic nitrogens is 1. The standard InChI is InChI=1S/C22H23N5O2/c28-21(24-15-17-14-23-13-16-5-1-2-6-18(16)17)20-19-7-3-4-8-27(19)22(25-20)26-9-11-29-12-10-26/h1-8,13-14,22,25H,9-12,15H2,(H,24,28)/p+1. The highest BCUT2D eigenvalue weighted by atomic mass is 16.5.